The lowest BCUT2D eigenvalue weighted by atomic mass is 9.85. The van der Waals surface area contributed by atoms with E-state index >= 15 is 0 Å². The van der Waals surface area contributed by atoms with Crippen LogP contribution in [0.15, 0.2) is 36.4 Å². The van der Waals surface area contributed by atoms with E-state index in [-0.39, 0.29) is 5.91 Å². The Balaban J connectivity index is 1.48. The fraction of sp³-hybridized carbons (Fsp3) is 0.500. The summed E-state index contributed by atoms with van der Waals surface area (Å²) in [6, 6.07) is 13.1. The Kier molecular flexibility index (Phi) is 7.72. The first-order valence-corrected chi connectivity index (χ1v) is 13.4. The molecular formula is C30H39N3O4. The molecule has 1 amide bonds. The summed E-state index contributed by atoms with van der Waals surface area (Å²) in [6.07, 6.45) is 4.04. The second kappa shape index (κ2) is 11.2. The maximum atomic E-state index is 12.5. The second-order valence-electron chi connectivity index (χ2n) is 10.6. The van der Waals surface area contributed by atoms with Crippen LogP contribution in [0.25, 0.3) is 22.2 Å². The van der Waals surface area contributed by atoms with Gasteiger partial charge >= 0.3 is 0 Å². The first kappa shape index (κ1) is 25.6. The minimum absolute atomic E-state index is 0.228. The van der Waals surface area contributed by atoms with E-state index in [1.54, 1.807) is 14.2 Å². The van der Waals surface area contributed by atoms with Crippen LogP contribution in [0.1, 0.15) is 48.6 Å². The molecule has 0 unspecified atom stereocenters. The molecular weight excluding hydrogens is 466 g/mol. The molecule has 2 saturated heterocycles. The Labute approximate surface area is 219 Å². The van der Waals surface area contributed by atoms with Crippen LogP contribution in [0.2, 0.25) is 0 Å². The quantitative estimate of drug-likeness (QED) is 0.489. The van der Waals surface area contributed by atoms with Gasteiger partial charge in [-0.15, -0.1) is 0 Å². The Morgan fingerprint density at radius 3 is 2.38 bits per heavy atom. The Morgan fingerprint density at radius 1 is 0.973 bits per heavy atom. The van der Waals surface area contributed by atoms with Crippen molar-refractivity contribution in [3.8, 4) is 22.8 Å². The Morgan fingerprint density at radius 2 is 1.70 bits per heavy atom. The number of nitrogens with zero attached hydrogens (tertiary/aromatic N) is 2. The van der Waals surface area contributed by atoms with Crippen molar-refractivity contribution in [1.29, 1.82) is 0 Å². The van der Waals surface area contributed by atoms with Gasteiger partial charge in [0.05, 0.1) is 26.5 Å². The number of likely N-dealkylation sites (tertiary alicyclic amines) is 1. The minimum atomic E-state index is 0.228. The number of hydrogen-bond donors (Lipinski definition) is 1. The molecule has 2 aliphatic heterocycles. The molecule has 2 aliphatic rings. The third kappa shape index (κ3) is 5.34. The van der Waals surface area contributed by atoms with Crippen molar-refractivity contribution in [3.63, 3.8) is 0 Å². The maximum absolute atomic E-state index is 12.5. The average molecular weight is 506 g/mol. The number of fused-ring (bicyclic) bond motifs is 1. The third-order valence-electron chi connectivity index (χ3n) is 7.94. The number of likely N-dealkylation sites (N-methyl/N-ethyl adjacent to an activating group) is 1. The highest BCUT2D eigenvalue weighted by atomic mass is 16.5. The lowest BCUT2D eigenvalue weighted by molar-refractivity contribution is -0.132. The molecule has 0 atom stereocenters. The molecule has 7 nitrogen and oxygen atoms in total. The number of benzene rings is 2. The molecule has 7 heteroatoms. The van der Waals surface area contributed by atoms with Gasteiger partial charge in [0.1, 0.15) is 0 Å². The molecule has 0 bridgehead atoms. The molecule has 0 spiro atoms. The maximum Gasteiger partial charge on any atom is 0.236 e. The number of rotatable bonds is 7. The normalized spacial score (nSPS) is 17.5. The van der Waals surface area contributed by atoms with Crippen molar-refractivity contribution < 1.29 is 19.0 Å². The van der Waals surface area contributed by atoms with Gasteiger partial charge in [0.2, 0.25) is 5.91 Å². The Hall–Kier alpha value is -3.03. The minimum Gasteiger partial charge on any atom is -0.493 e. The highest BCUT2D eigenvalue weighted by Crippen LogP contribution is 2.43. The van der Waals surface area contributed by atoms with E-state index in [1.807, 2.05) is 30.0 Å². The summed E-state index contributed by atoms with van der Waals surface area (Å²) in [5.41, 5.74) is 6.17. The molecule has 0 saturated carbocycles. The number of amides is 1. The van der Waals surface area contributed by atoms with Gasteiger partial charge in [0.25, 0.3) is 0 Å². The number of H-pyrrole nitrogens is 1. The fourth-order valence-corrected chi connectivity index (χ4v) is 5.95. The highest BCUT2D eigenvalue weighted by molar-refractivity contribution is 5.92. The first-order chi connectivity index (χ1) is 18.0. The van der Waals surface area contributed by atoms with E-state index in [2.05, 4.69) is 35.3 Å². The SMILES string of the molecule is COc1ccc(-c2[nH]c3ccc(C4CCN(C(=O)CN(C)C)CC4)cc3c2C2CCOCC2)cc1OC. The number of hydrogen-bond acceptors (Lipinski definition) is 5. The topological polar surface area (TPSA) is 67.0 Å². The van der Waals surface area contributed by atoms with Gasteiger partial charge in [0, 0.05) is 42.8 Å². The predicted octanol–water partition coefficient (Wildman–Crippen LogP) is 5.01. The van der Waals surface area contributed by atoms with E-state index in [0.29, 0.717) is 18.4 Å². The van der Waals surface area contributed by atoms with E-state index < -0.39 is 0 Å². The number of aromatic amines is 1. The summed E-state index contributed by atoms with van der Waals surface area (Å²) in [5, 5.41) is 1.31. The largest absolute Gasteiger partial charge is 0.493 e. The smallest absolute Gasteiger partial charge is 0.236 e. The Bertz CT molecular complexity index is 1240. The summed E-state index contributed by atoms with van der Waals surface area (Å²) in [7, 11) is 7.24. The van der Waals surface area contributed by atoms with E-state index in [9.17, 15) is 4.79 Å². The summed E-state index contributed by atoms with van der Waals surface area (Å²) in [6.45, 7) is 3.72. The van der Waals surface area contributed by atoms with E-state index in [1.165, 1.54) is 16.5 Å². The number of aromatic nitrogens is 1. The number of methoxy groups -OCH3 is 2. The summed E-state index contributed by atoms with van der Waals surface area (Å²) in [5.74, 6) is 2.59. The van der Waals surface area contributed by atoms with Gasteiger partial charge in [-0.25, -0.2) is 0 Å². The molecule has 1 aromatic heterocycles. The fourth-order valence-electron chi connectivity index (χ4n) is 5.95. The molecule has 5 rings (SSSR count). The van der Waals surface area contributed by atoms with Crippen molar-refractivity contribution in [2.45, 2.75) is 37.5 Å². The highest BCUT2D eigenvalue weighted by Gasteiger charge is 2.27. The number of carbonyl (C=O) groups excluding carboxylic acids is 1. The van der Waals surface area contributed by atoms with Crippen LogP contribution in [0.4, 0.5) is 0 Å². The molecule has 3 aromatic rings. The average Bonchev–Trinajstić information content (AvgIpc) is 3.31. The molecule has 1 N–H and O–H groups in total. The lowest BCUT2D eigenvalue weighted by Gasteiger charge is -2.33. The lowest BCUT2D eigenvalue weighted by Crippen LogP contribution is -2.42. The van der Waals surface area contributed by atoms with Crippen LogP contribution < -0.4 is 9.47 Å². The van der Waals surface area contributed by atoms with E-state index in [4.69, 9.17) is 14.2 Å². The van der Waals surface area contributed by atoms with Crippen molar-refractivity contribution >= 4 is 16.8 Å². The van der Waals surface area contributed by atoms with Crippen LogP contribution >= 0.6 is 0 Å². The van der Waals surface area contributed by atoms with Gasteiger partial charge < -0.3 is 29.0 Å². The zero-order chi connectivity index (χ0) is 25.9. The van der Waals surface area contributed by atoms with Gasteiger partial charge in [-0.2, -0.15) is 0 Å². The number of carbonyl (C=O) groups is 1. The van der Waals surface area contributed by atoms with Gasteiger partial charge in [0.15, 0.2) is 11.5 Å². The van der Waals surface area contributed by atoms with Crippen LogP contribution in [0.3, 0.4) is 0 Å². The summed E-state index contributed by atoms with van der Waals surface area (Å²) in [4.78, 5) is 20.2. The van der Waals surface area contributed by atoms with Crippen molar-refractivity contribution in [2.24, 2.45) is 0 Å². The zero-order valence-corrected chi connectivity index (χ0v) is 22.5. The van der Waals surface area contributed by atoms with Crippen LogP contribution in [-0.4, -0.2) is 81.9 Å². The van der Waals surface area contributed by atoms with E-state index in [0.717, 1.165) is 80.3 Å². The molecule has 37 heavy (non-hydrogen) atoms. The number of piperidine rings is 1. The van der Waals surface area contributed by atoms with Crippen LogP contribution in [0.5, 0.6) is 11.5 Å². The second-order valence-corrected chi connectivity index (χ2v) is 10.6. The molecule has 198 valence electrons. The summed E-state index contributed by atoms with van der Waals surface area (Å²) >= 11 is 0. The number of nitrogens with one attached hydrogen (secondary N) is 1. The van der Waals surface area contributed by atoms with Gasteiger partial charge in [-0.05, 0) is 93.1 Å². The monoisotopic (exact) mass is 505 g/mol. The van der Waals surface area contributed by atoms with Crippen molar-refractivity contribution in [1.82, 2.24) is 14.8 Å². The molecule has 2 aromatic carbocycles. The van der Waals surface area contributed by atoms with Crippen LogP contribution in [-0.2, 0) is 9.53 Å². The number of ether oxygens (including phenoxy) is 3. The predicted molar refractivity (Wildman–Crippen MR) is 147 cm³/mol. The zero-order valence-electron chi connectivity index (χ0n) is 22.5. The first-order valence-electron chi connectivity index (χ1n) is 13.4. The third-order valence-corrected chi connectivity index (χ3v) is 7.94. The molecule has 3 heterocycles. The van der Waals surface area contributed by atoms with Crippen LogP contribution in [0, 0.1) is 0 Å². The van der Waals surface area contributed by atoms with Gasteiger partial charge in [-0.1, -0.05) is 6.07 Å². The van der Waals surface area contributed by atoms with Crippen molar-refractivity contribution in [2.75, 3.05) is 61.2 Å². The van der Waals surface area contributed by atoms with Crippen molar-refractivity contribution in [3.05, 3.63) is 47.5 Å². The molecule has 0 radical (unpaired) electrons. The molecule has 0 aliphatic carbocycles. The standard InChI is InChI=1S/C30H39N3O4/c1-32(2)19-28(34)33-13-9-20(10-14-33)22-5-7-25-24(17-22)29(21-11-15-37-16-12-21)30(31-25)23-6-8-26(35-3)27(18-23)36-4/h5-8,17-18,20-21,31H,9-16,19H2,1-4H3. The molecule has 2 fully saturated rings. The summed E-state index contributed by atoms with van der Waals surface area (Å²) < 4.78 is 16.8. The van der Waals surface area contributed by atoms with Gasteiger partial charge in [-0.3, -0.25) is 4.79 Å².